The molecule has 0 radical (unpaired) electrons. The number of aryl methyl sites for hydroxylation is 1. The molecular formula is C33H38F3NO5. The Morgan fingerprint density at radius 2 is 1.88 bits per heavy atom. The highest BCUT2D eigenvalue weighted by Crippen LogP contribution is 2.48. The Bertz CT molecular complexity index is 1360. The van der Waals surface area contributed by atoms with Gasteiger partial charge in [0, 0.05) is 12.1 Å². The lowest BCUT2D eigenvalue weighted by Crippen LogP contribution is -2.40. The molecule has 226 valence electrons. The molecular weight excluding hydrogens is 547 g/mol. The van der Waals surface area contributed by atoms with E-state index in [0.717, 1.165) is 85.2 Å². The first kappa shape index (κ1) is 29.1. The highest BCUT2D eigenvalue weighted by Gasteiger charge is 2.40. The minimum atomic E-state index is -4.78. The number of alkyl halides is 3. The summed E-state index contributed by atoms with van der Waals surface area (Å²) >= 11 is 0. The van der Waals surface area contributed by atoms with Crippen molar-refractivity contribution in [3.05, 3.63) is 63.7 Å². The first-order valence-corrected chi connectivity index (χ1v) is 15.0. The molecule has 0 unspecified atom stereocenters. The Kier molecular flexibility index (Phi) is 8.00. The fourth-order valence-corrected chi connectivity index (χ4v) is 7.26. The molecule has 0 aromatic heterocycles. The lowest BCUT2D eigenvalue weighted by molar-refractivity contribution is -0.275. The molecule has 6 nitrogen and oxygen atoms in total. The van der Waals surface area contributed by atoms with Crippen molar-refractivity contribution in [1.29, 1.82) is 0 Å². The minimum Gasteiger partial charge on any atom is -0.490 e. The number of hydrogen-bond donors (Lipinski definition) is 2. The Morgan fingerprint density at radius 3 is 2.55 bits per heavy atom. The normalized spacial score (nSPS) is 22.5. The van der Waals surface area contributed by atoms with Crippen LogP contribution in [-0.4, -0.2) is 53.2 Å². The molecule has 9 heteroatoms. The molecule has 0 spiro atoms. The zero-order valence-corrected chi connectivity index (χ0v) is 23.8. The summed E-state index contributed by atoms with van der Waals surface area (Å²) in [6.45, 7) is 3.52. The van der Waals surface area contributed by atoms with E-state index in [2.05, 4.69) is 27.8 Å². The summed E-state index contributed by atoms with van der Waals surface area (Å²) in [6, 6.07) is 9.28. The third-order valence-electron chi connectivity index (χ3n) is 9.67. The van der Waals surface area contributed by atoms with Gasteiger partial charge in [0.1, 0.15) is 17.6 Å². The summed E-state index contributed by atoms with van der Waals surface area (Å²) in [7, 11) is 0. The van der Waals surface area contributed by atoms with Gasteiger partial charge >= 0.3 is 12.3 Å². The van der Waals surface area contributed by atoms with E-state index in [0.29, 0.717) is 30.4 Å². The van der Waals surface area contributed by atoms with Gasteiger partial charge in [0.25, 0.3) is 0 Å². The van der Waals surface area contributed by atoms with E-state index in [-0.39, 0.29) is 24.4 Å². The Labute approximate surface area is 244 Å². The van der Waals surface area contributed by atoms with Gasteiger partial charge in [0.2, 0.25) is 0 Å². The Morgan fingerprint density at radius 1 is 1.12 bits per heavy atom. The topological polar surface area (TPSA) is 79.2 Å². The fourth-order valence-electron chi connectivity index (χ4n) is 7.26. The number of fused-ring (bicyclic) bond motifs is 2. The number of aliphatic hydroxyl groups is 1. The smallest absolute Gasteiger partial charge is 0.490 e. The second kappa shape index (κ2) is 11.6. The average molecular weight is 586 g/mol. The summed E-state index contributed by atoms with van der Waals surface area (Å²) in [5.74, 6) is 0.239. The number of halogens is 3. The number of benzene rings is 2. The summed E-state index contributed by atoms with van der Waals surface area (Å²) in [5, 5.41) is 19.3. The van der Waals surface area contributed by atoms with Crippen LogP contribution in [0.25, 0.3) is 6.08 Å². The number of nitrogens with zero attached hydrogens (tertiary/aromatic N) is 1. The van der Waals surface area contributed by atoms with Gasteiger partial charge in [-0.05, 0) is 116 Å². The van der Waals surface area contributed by atoms with Crippen LogP contribution in [0.1, 0.15) is 72.8 Å². The van der Waals surface area contributed by atoms with Crippen molar-refractivity contribution < 1.29 is 37.7 Å². The van der Waals surface area contributed by atoms with Gasteiger partial charge in [-0.3, -0.25) is 9.69 Å². The van der Waals surface area contributed by atoms with Crippen LogP contribution in [0.3, 0.4) is 0 Å². The molecule has 3 atom stereocenters. The van der Waals surface area contributed by atoms with Crippen LogP contribution in [0.2, 0.25) is 0 Å². The maximum atomic E-state index is 13.2. The summed E-state index contributed by atoms with van der Waals surface area (Å²) in [4.78, 5) is 14.0. The molecule has 2 aliphatic carbocycles. The van der Waals surface area contributed by atoms with Gasteiger partial charge in [-0.1, -0.05) is 31.2 Å². The average Bonchev–Trinajstić information content (AvgIpc) is 3.70. The van der Waals surface area contributed by atoms with Crippen LogP contribution in [0.15, 0.2) is 35.9 Å². The van der Waals surface area contributed by atoms with Crippen molar-refractivity contribution in [2.24, 2.45) is 17.8 Å². The number of carboxylic acids is 1. The predicted octanol–water partition coefficient (Wildman–Crippen LogP) is 6.34. The van der Waals surface area contributed by atoms with Crippen LogP contribution in [0.5, 0.6) is 11.5 Å². The van der Waals surface area contributed by atoms with Crippen molar-refractivity contribution in [1.82, 2.24) is 4.90 Å². The number of hydrogen-bond acceptors (Lipinski definition) is 5. The molecule has 42 heavy (non-hydrogen) atoms. The van der Waals surface area contributed by atoms with Crippen molar-refractivity contribution in [3.63, 3.8) is 0 Å². The van der Waals surface area contributed by atoms with Crippen molar-refractivity contribution in [3.8, 4) is 11.5 Å². The maximum Gasteiger partial charge on any atom is 0.573 e. The number of piperidine rings is 1. The summed E-state index contributed by atoms with van der Waals surface area (Å²) in [6.07, 6.45) is 3.28. The van der Waals surface area contributed by atoms with E-state index in [9.17, 15) is 28.2 Å². The fraction of sp³-hybridized carbons (Fsp3) is 0.545. The molecule has 2 aromatic carbocycles. The number of carbonyl (C=O) groups is 1. The quantitative estimate of drug-likeness (QED) is 0.358. The summed E-state index contributed by atoms with van der Waals surface area (Å²) < 4.78 is 50.6. The van der Waals surface area contributed by atoms with Crippen LogP contribution < -0.4 is 9.47 Å². The van der Waals surface area contributed by atoms with E-state index < -0.39 is 18.2 Å². The largest absolute Gasteiger partial charge is 0.573 e. The number of rotatable bonds is 9. The monoisotopic (exact) mass is 585 g/mol. The Balaban J connectivity index is 1.12. The van der Waals surface area contributed by atoms with Gasteiger partial charge in [0.05, 0.1) is 12.5 Å². The highest BCUT2D eigenvalue weighted by molar-refractivity contribution is 5.71. The van der Waals surface area contributed by atoms with Crippen molar-refractivity contribution >= 4 is 12.0 Å². The zero-order chi connectivity index (χ0) is 29.6. The first-order chi connectivity index (χ1) is 20.1. The third kappa shape index (κ3) is 6.18. The highest BCUT2D eigenvalue weighted by atomic mass is 19.4. The lowest BCUT2D eigenvalue weighted by atomic mass is 9.81. The van der Waals surface area contributed by atoms with Crippen LogP contribution in [-0.2, 0) is 24.2 Å². The van der Waals surface area contributed by atoms with Gasteiger partial charge in [-0.15, -0.1) is 13.2 Å². The van der Waals surface area contributed by atoms with Crippen LogP contribution in [0, 0.1) is 17.8 Å². The van der Waals surface area contributed by atoms with Crippen molar-refractivity contribution in [2.75, 3.05) is 19.7 Å². The maximum absolute atomic E-state index is 13.2. The molecule has 2 aliphatic heterocycles. The SMILES string of the molecule is C[C@H](C(=O)O)[C@H](c1ccc2c(c1)O[C@@H](C1CCN(Cc3c(OC(F)(F)F)ccc4c3CC(CO)=C4)CC1)CC2)C1CC1. The number of likely N-dealkylation sites (tertiary alicyclic amines) is 1. The van der Waals surface area contributed by atoms with Gasteiger partial charge in [-0.25, -0.2) is 0 Å². The van der Waals surface area contributed by atoms with Gasteiger partial charge in [-0.2, -0.15) is 0 Å². The van der Waals surface area contributed by atoms with E-state index in [1.807, 2.05) is 6.08 Å². The predicted molar refractivity (Wildman–Crippen MR) is 151 cm³/mol. The van der Waals surface area contributed by atoms with Gasteiger partial charge < -0.3 is 19.7 Å². The van der Waals surface area contributed by atoms with E-state index in [4.69, 9.17) is 4.74 Å². The molecule has 2 aromatic rings. The second-order valence-corrected chi connectivity index (χ2v) is 12.5. The van der Waals surface area contributed by atoms with Gasteiger partial charge in [0.15, 0.2) is 0 Å². The number of aliphatic hydroxyl groups excluding tert-OH is 1. The third-order valence-corrected chi connectivity index (χ3v) is 9.67. The zero-order valence-electron chi connectivity index (χ0n) is 23.8. The van der Waals surface area contributed by atoms with Crippen LogP contribution in [0.4, 0.5) is 13.2 Å². The molecule has 4 aliphatic rings. The lowest BCUT2D eigenvalue weighted by Gasteiger charge is -2.38. The van der Waals surface area contributed by atoms with Crippen molar-refractivity contribution in [2.45, 2.75) is 76.8 Å². The molecule has 2 fully saturated rings. The number of ether oxygens (including phenoxy) is 2. The van der Waals surface area contributed by atoms with E-state index >= 15 is 0 Å². The standard InChI is InChI=1S/C33H38F3NO5/c1-19(32(39)40)31(23-3-4-23)25-5-2-21-6-8-28(41-30(21)16-25)22-10-12-37(13-11-22)17-27-26-15-20(18-38)14-24(26)7-9-29(27)42-33(34,35)36/h2,5,7,9,14,16,19,22-23,28,31,38H,3-4,6,8,10-13,15,17-18H2,1H3,(H,39,40)/t19-,28+,31-/m0/s1. The molecule has 0 bridgehead atoms. The van der Waals surface area contributed by atoms with E-state index in [1.165, 1.54) is 6.07 Å². The molecule has 2 heterocycles. The Hall–Kier alpha value is -3.04. The van der Waals surface area contributed by atoms with Crippen LogP contribution >= 0.6 is 0 Å². The number of aliphatic carboxylic acids is 1. The molecule has 6 rings (SSSR count). The second-order valence-electron chi connectivity index (χ2n) is 12.5. The summed E-state index contributed by atoms with van der Waals surface area (Å²) in [5.41, 5.74) is 5.18. The molecule has 2 N–H and O–H groups in total. The molecule has 0 amide bonds. The first-order valence-electron chi connectivity index (χ1n) is 15.0. The number of carboxylic acid groups (broad SMARTS) is 1. The molecule has 1 saturated carbocycles. The van der Waals surface area contributed by atoms with E-state index in [1.54, 1.807) is 13.0 Å². The minimum absolute atomic E-state index is 0.00526. The molecule has 1 saturated heterocycles.